The number of ether oxygens (including phenoxy) is 1. The molecule has 3 heterocycles. The number of pyridine rings is 1. The summed E-state index contributed by atoms with van der Waals surface area (Å²) >= 11 is 5.79. The third-order valence-corrected chi connectivity index (χ3v) is 4.47. The van der Waals surface area contributed by atoms with E-state index in [9.17, 15) is 9.59 Å². The van der Waals surface area contributed by atoms with E-state index in [0.717, 1.165) is 0 Å². The number of aromatic nitrogens is 1. The lowest BCUT2D eigenvalue weighted by atomic mass is 9.91. The van der Waals surface area contributed by atoms with Crippen LogP contribution in [0.3, 0.4) is 0 Å². The minimum atomic E-state index is -0.612. The van der Waals surface area contributed by atoms with Gasteiger partial charge in [0.05, 0.1) is 5.02 Å². The van der Waals surface area contributed by atoms with E-state index in [4.69, 9.17) is 21.2 Å². The molecule has 1 spiro atoms. The van der Waals surface area contributed by atoms with Crippen molar-refractivity contribution in [2.24, 2.45) is 0 Å². The highest BCUT2D eigenvalue weighted by molar-refractivity contribution is 6.30. The highest BCUT2D eigenvalue weighted by Gasteiger charge is 2.41. The topological polar surface area (TPSA) is 92.8 Å². The van der Waals surface area contributed by atoms with E-state index in [0.29, 0.717) is 42.5 Å². The van der Waals surface area contributed by atoms with Gasteiger partial charge in [-0.25, -0.2) is 9.78 Å². The van der Waals surface area contributed by atoms with E-state index >= 15 is 0 Å². The fourth-order valence-corrected chi connectivity index (χ4v) is 2.98. The molecule has 0 atom stereocenters. The predicted octanol–water partition coefficient (Wildman–Crippen LogP) is 2.86. The summed E-state index contributed by atoms with van der Waals surface area (Å²) in [4.78, 5) is 35.9. The van der Waals surface area contributed by atoms with Crippen molar-refractivity contribution in [2.45, 2.75) is 44.8 Å². The highest BCUT2D eigenvalue weighted by Crippen LogP contribution is 2.32. The molecule has 146 valence electrons. The van der Waals surface area contributed by atoms with Gasteiger partial charge in [0, 0.05) is 32.1 Å². The molecular weight excluding hydrogens is 372 g/mol. The van der Waals surface area contributed by atoms with Crippen molar-refractivity contribution in [1.29, 1.82) is 0 Å². The lowest BCUT2D eigenvalue weighted by Gasteiger charge is -2.37. The minimum absolute atomic E-state index is 0.317. The second-order valence-corrected chi connectivity index (χ2v) is 8.05. The van der Waals surface area contributed by atoms with Gasteiger partial charge in [-0.3, -0.25) is 15.1 Å². The zero-order valence-electron chi connectivity index (χ0n) is 15.5. The fourth-order valence-electron chi connectivity index (χ4n) is 2.86. The Morgan fingerprint density at radius 2 is 2.04 bits per heavy atom. The average molecular weight is 395 g/mol. The second kappa shape index (κ2) is 7.36. The fraction of sp³-hybridized carbons (Fsp3) is 0.500. The molecule has 2 aliphatic rings. The molecule has 9 heteroatoms. The Kier molecular flexibility index (Phi) is 5.30. The Hall–Kier alpha value is -2.32. The van der Waals surface area contributed by atoms with Crippen LogP contribution in [-0.2, 0) is 14.4 Å². The van der Waals surface area contributed by atoms with Crippen LogP contribution in [0.2, 0.25) is 5.02 Å². The maximum Gasteiger partial charge on any atom is 0.410 e. The molecule has 2 aliphatic heterocycles. The maximum atomic E-state index is 12.4. The van der Waals surface area contributed by atoms with Crippen LogP contribution >= 0.6 is 11.6 Å². The number of likely N-dealkylation sites (tertiary alicyclic amines) is 1. The Labute approximate surface area is 162 Å². The number of anilines is 1. The number of carbonyl (C=O) groups is 2. The van der Waals surface area contributed by atoms with Crippen LogP contribution in [-0.4, -0.2) is 46.2 Å². The van der Waals surface area contributed by atoms with Gasteiger partial charge in [0.25, 0.3) is 5.91 Å². The molecule has 1 fully saturated rings. The van der Waals surface area contributed by atoms with Crippen LogP contribution in [0.25, 0.3) is 0 Å². The number of amides is 2. The summed E-state index contributed by atoms with van der Waals surface area (Å²) in [5.41, 5.74) is 1.87. The quantitative estimate of drug-likeness (QED) is 0.801. The summed E-state index contributed by atoms with van der Waals surface area (Å²) in [5, 5.41) is 3.17. The first kappa shape index (κ1) is 19.4. The number of halogens is 1. The molecular formula is C18H23ClN4O4. The Morgan fingerprint density at radius 3 is 2.63 bits per heavy atom. The van der Waals surface area contributed by atoms with Crippen LogP contribution in [0.15, 0.2) is 30.1 Å². The highest BCUT2D eigenvalue weighted by atomic mass is 35.5. The SMILES string of the molecule is CC(C)(C)OC(=O)N1CCC2(C=C(C(=O)Nc3ccc(Cl)cn3)NO2)CC1. The first-order valence-corrected chi connectivity index (χ1v) is 9.11. The summed E-state index contributed by atoms with van der Waals surface area (Å²) in [7, 11) is 0. The summed E-state index contributed by atoms with van der Waals surface area (Å²) in [6.45, 7) is 6.48. The molecule has 0 saturated carbocycles. The van der Waals surface area contributed by atoms with Gasteiger partial charge in [0.15, 0.2) is 0 Å². The number of hydroxylamine groups is 1. The van der Waals surface area contributed by atoms with E-state index < -0.39 is 11.2 Å². The minimum Gasteiger partial charge on any atom is -0.444 e. The van der Waals surface area contributed by atoms with Gasteiger partial charge in [-0.05, 0) is 39.0 Å². The van der Waals surface area contributed by atoms with E-state index in [-0.39, 0.29) is 12.0 Å². The van der Waals surface area contributed by atoms with Crippen LogP contribution in [0.4, 0.5) is 10.6 Å². The number of nitrogens with one attached hydrogen (secondary N) is 2. The number of piperidine rings is 1. The summed E-state index contributed by atoms with van der Waals surface area (Å²) in [6.07, 6.45) is 4.02. The molecule has 8 nitrogen and oxygen atoms in total. The number of hydrogen-bond donors (Lipinski definition) is 2. The third-order valence-electron chi connectivity index (χ3n) is 4.25. The van der Waals surface area contributed by atoms with E-state index in [1.807, 2.05) is 20.8 Å². The molecule has 0 aliphatic carbocycles. The summed E-state index contributed by atoms with van der Waals surface area (Å²) < 4.78 is 5.40. The maximum absolute atomic E-state index is 12.4. The number of nitrogens with zero attached hydrogens (tertiary/aromatic N) is 2. The first-order valence-electron chi connectivity index (χ1n) is 8.74. The largest absolute Gasteiger partial charge is 0.444 e. The molecule has 2 amide bonds. The Bertz CT molecular complexity index is 750. The van der Waals surface area contributed by atoms with Gasteiger partial charge in [0.1, 0.15) is 22.7 Å². The zero-order valence-corrected chi connectivity index (χ0v) is 16.3. The van der Waals surface area contributed by atoms with Crippen LogP contribution in [0.5, 0.6) is 0 Å². The Morgan fingerprint density at radius 1 is 1.33 bits per heavy atom. The number of hydrogen-bond acceptors (Lipinski definition) is 6. The number of carbonyl (C=O) groups excluding carboxylic acids is 2. The van der Waals surface area contributed by atoms with Crippen molar-refractivity contribution in [3.63, 3.8) is 0 Å². The van der Waals surface area contributed by atoms with Gasteiger partial charge in [-0.1, -0.05) is 11.6 Å². The van der Waals surface area contributed by atoms with Crippen LogP contribution < -0.4 is 10.8 Å². The van der Waals surface area contributed by atoms with E-state index in [1.165, 1.54) is 6.20 Å². The third kappa shape index (κ3) is 4.90. The van der Waals surface area contributed by atoms with Gasteiger partial charge in [-0.2, -0.15) is 0 Å². The molecule has 3 rings (SSSR count). The molecule has 1 aromatic heterocycles. The van der Waals surface area contributed by atoms with Gasteiger partial charge >= 0.3 is 6.09 Å². The van der Waals surface area contributed by atoms with Gasteiger partial charge in [-0.15, -0.1) is 0 Å². The summed E-state index contributed by atoms with van der Waals surface area (Å²) in [5.74, 6) is 0.0454. The van der Waals surface area contributed by atoms with Crippen molar-refractivity contribution in [1.82, 2.24) is 15.4 Å². The molecule has 0 aromatic carbocycles. The predicted molar refractivity (Wildman–Crippen MR) is 100.0 cm³/mol. The molecule has 0 radical (unpaired) electrons. The lowest BCUT2D eigenvalue weighted by molar-refractivity contribution is -0.115. The van der Waals surface area contributed by atoms with Crippen molar-refractivity contribution in [3.8, 4) is 0 Å². The monoisotopic (exact) mass is 394 g/mol. The molecule has 27 heavy (non-hydrogen) atoms. The van der Waals surface area contributed by atoms with Crippen molar-refractivity contribution < 1.29 is 19.2 Å². The normalized spacial score (nSPS) is 18.7. The zero-order chi connectivity index (χ0) is 19.7. The molecule has 0 unspecified atom stereocenters. The van der Waals surface area contributed by atoms with Crippen LogP contribution in [0, 0.1) is 0 Å². The molecule has 1 saturated heterocycles. The number of rotatable bonds is 2. The second-order valence-electron chi connectivity index (χ2n) is 7.61. The van der Waals surface area contributed by atoms with E-state index in [2.05, 4.69) is 15.8 Å². The van der Waals surface area contributed by atoms with E-state index in [1.54, 1.807) is 23.1 Å². The van der Waals surface area contributed by atoms with Crippen molar-refractivity contribution >= 4 is 29.4 Å². The summed E-state index contributed by atoms with van der Waals surface area (Å²) in [6, 6.07) is 3.26. The smallest absolute Gasteiger partial charge is 0.410 e. The van der Waals surface area contributed by atoms with Gasteiger partial charge in [0.2, 0.25) is 0 Å². The van der Waals surface area contributed by atoms with Gasteiger partial charge < -0.3 is 15.0 Å². The molecule has 1 aromatic rings. The van der Waals surface area contributed by atoms with Crippen LogP contribution in [0.1, 0.15) is 33.6 Å². The Balaban J connectivity index is 1.58. The standard InChI is InChI=1S/C18H23ClN4O4/c1-17(2,3)26-16(25)23-8-6-18(7-9-23)10-13(22-27-18)15(24)21-14-5-4-12(19)11-20-14/h4-5,10-11,22H,6-9H2,1-3H3,(H,20,21,24). The first-order chi connectivity index (χ1) is 12.7. The van der Waals surface area contributed by atoms with Crippen molar-refractivity contribution in [2.75, 3.05) is 18.4 Å². The molecule has 0 bridgehead atoms. The lowest BCUT2D eigenvalue weighted by Crippen LogP contribution is -2.48. The molecule has 2 N–H and O–H groups in total. The van der Waals surface area contributed by atoms with Crippen molar-refractivity contribution in [3.05, 3.63) is 35.1 Å². The average Bonchev–Trinajstić information content (AvgIpc) is 3.00.